The molecule has 94 valence electrons. The van der Waals surface area contributed by atoms with Crippen molar-refractivity contribution in [3.05, 3.63) is 42.5 Å². The lowest BCUT2D eigenvalue weighted by atomic mass is 10.2. The SMILES string of the molecule is CCn1ccnc1C[C@@H]1COc2ccccc2O1. The van der Waals surface area contributed by atoms with E-state index in [0.717, 1.165) is 30.3 Å². The van der Waals surface area contributed by atoms with E-state index < -0.39 is 0 Å². The Morgan fingerprint density at radius 2 is 2.17 bits per heavy atom. The fourth-order valence-electron chi connectivity index (χ4n) is 2.19. The Kier molecular flexibility index (Phi) is 2.92. The number of aromatic nitrogens is 2. The molecule has 0 bridgehead atoms. The molecule has 0 fully saturated rings. The fraction of sp³-hybridized carbons (Fsp3) is 0.357. The maximum absolute atomic E-state index is 5.93. The lowest BCUT2D eigenvalue weighted by molar-refractivity contribution is 0.0892. The van der Waals surface area contributed by atoms with Gasteiger partial charge in [-0.25, -0.2) is 4.98 Å². The van der Waals surface area contributed by atoms with Crippen LogP contribution in [-0.2, 0) is 13.0 Å². The molecule has 0 saturated heterocycles. The first-order valence-corrected chi connectivity index (χ1v) is 6.25. The van der Waals surface area contributed by atoms with Crippen molar-refractivity contribution >= 4 is 0 Å². The Morgan fingerprint density at radius 1 is 1.33 bits per heavy atom. The van der Waals surface area contributed by atoms with Crippen molar-refractivity contribution in [2.24, 2.45) is 0 Å². The lowest BCUT2D eigenvalue weighted by Gasteiger charge is -2.26. The highest BCUT2D eigenvalue weighted by atomic mass is 16.6. The number of imidazole rings is 1. The van der Waals surface area contributed by atoms with Crippen molar-refractivity contribution < 1.29 is 9.47 Å². The summed E-state index contributed by atoms with van der Waals surface area (Å²) in [6, 6.07) is 7.77. The summed E-state index contributed by atoms with van der Waals surface area (Å²) in [4.78, 5) is 4.36. The van der Waals surface area contributed by atoms with Gasteiger partial charge in [0, 0.05) is 25.4 Å². The maximum Gasteiger partial charge on any atom is 0.161 e. The minimum Gasteiger partial charge on any atom is -0.486 e. The zero-order valence-electron chi connectivity index (χ0n) is 10.4. The molecule has 18 heavy (non-hydrogen) atoms. The van der Waals surface area contributed by atoms with E-state index in [2.05, 4.69) is 16.5 Å². The summed E-state index contributed by atoms with van der Waals surface area (Å²) < 4.78 is 13.8. The third kappa shape index (κ3) is 2.06. The normalized spacial score (nSPS) is 17.7. The molecule has 0 spiro atoms. The highest BCUT2D eigenvalue weighted by Crippen LogP contribution is 2.31. The summed E-state index contributed by atoms with van der Waals surface area (Å²) in [5.41, 5.74) is 0. The van der Waals surface area contributed by atoms with Gasteiger partial charge in [0.05, 0.1) is 0 Å². The van der Waals surface area contributed by atoms with Gasteiger partial charge in [0.1, 0.15) is 18.5 Å². The van der Waals surface area contributed by atoms with Gasteiger partial charge in [-0.05, 0) is 19.1 Å². The Morgan fingerprint density at radius 3 is 3.00 bits per heavy atom. The molecule has 1 aromatic carbocycles. The van der Waals surface area contributed by atoms with Gasteiger partial charge >= 0.3 is 0 Å². The topological polar surface area (TPSA) is 36.3 Å². The minimum atomic E-state index is 0.0348. The van der Waals surface area contributed by atoms with Crippen LogP contribution in [0.1, 0.15) is 12.7 Å². The molecular formula is C14H16N2O2. The summed E-state index contributed by atoms with van der Waals surface area (Å²) in [5, 5.41) is 0. The van der Waals surface area contributed by atoms with E-state index in [4.69, 9.17) is 9.47 Å². The number of benzene rings is 1. The summed E-state index contributed by atoms with van der Waals surface area (Å²) in [7, 11) is 0. The molecular weight excluding hydrogens is 228 g/mol. The van der Waals surface area contributed by atoms with Crippen molar-refractivity contribution in [1.29, 1.82) is 0 Å². The predicted octanol–water partition coefficient (Wildman–Crippen LogP) is 2.29. The molecule has 2 aromatic rings. The molecule has 2 heterocycles. The fourth-order valence-corrected chi connectivity index (χ4v) is 2.19. The van der Waals surface area contributed by atoms with Gasteiger partial charge in [-0.3, -0.25) is 0 Å². The van der Waals surface area contributed by atoms with Crippen molar-refractivity contribution in [2.45, 2.75) is 26.0 Å². The monoisotopic (exact) mass is 244 g/mol. The second-order valence-corrected chi connectivity index (χ2v) is 4.33. The number of hydrogen-bond donors (Lipinski definition) is 0. The van der Waals surface area contributed by atoms with Crippen LogP contribution in [-0.4, -0.2) is 22.3 Å². The largest absolute Gasteiger partial charge is 0.486 e. The van der Waals surface area contributed by atoms with E-state index in [0.29, 0.717) is 6.61 Å². The van der Waals surface area contributed by atoms with Crippen LogP contribution in [0.3, 0.4) is 0 Å². The van der Waals surface area contributed by atoms with Crippen LogP contribution >= 0.6 is 0 Å². The average molecular weight is 244 g/mol. The van der Waals surface area contributed by atoms with E-state index in [-0.39, 0.29) is 6.10 Å². The third-order valence-corrected chi connectivity index (χ3v) is 3.12. The molecule has 1 aromatic heterocycles. The number of ether oxygens (including phenoxy) is 2. The van der Waals surface area contributed by atoms with E-state index >= 15 is 0 Å². The van der Waals surface area contributed by atoms with E-state index in [9.17, 15) is 0 Å². The molecule has 0 radical (unpaired) electrons. The van der Waals surface area contributed by atoms with Crippen molar-refractivity contribution in [1.82, 2.24) is 9.55 Å². The zero-order valence-corrected chi connectivity index (χ0v) is 10.4. The van der Waals surface area contributed by atoms with Crippen LogP contribution < -0.4 is 9.47 Å². The molecule has 0 saturated carbocycles. The summed E-state index contributed by atoms with van der Waals surface area (Å²) in [5.74, 6) is 2.70. The second-order valence-electron chi connectivity index (χ2n) is 4.33. The van der Waals surface area contributed by atoms with Gasteiger partial charge in [0.2, 0.25) is 0 Å². The molecule has 3 rings (SSSR count). The van der Waals surface area contributed by atoms with Crippen LogP contribution in [0.4, 0.5) is 0 Å². The predicted molar refractivity (Wildman–Crippen MR) is 68.0 cm³/mol. The Labute approximate surface area is 106 Å². The summed E-state index contributed by atoms with van der Waals surface area (Å²) in [6.45, 7) is 3.62. The van der Waals surface area contributed by atoms with E-state index in [1.54, 1.807) is 0 Å². The van der Waals surface area contributed by atoms with Gasteiger partial charge in [0.15, 0.2) is 11.5 Å². The number of fused-ring (bicyclic) bond motifs is 1. The number of nitrogens with zero attached hydrogens (tertiary/aromatic N) is 2. The Balaban J connectivity index is 1.73. The van der Waals surface area contributed by atoms with Crippen molar-refractivity contribution in [2.75, 3.05) is 6.61 Å². The quantitative estimate of drug-likeness (QED) is 0.831. The van der Waals surface area contributed by atoms with Gasteiger partial charge in [0.25, 0.3) is 0 Å². The van der Waals surface area contributed by atoms with E-state index in [1.165, 1.54) is 0 Å². The van der Waals surface area contributed by atoms with Gasteiger partial charge in [-0.2, -0.15) is 0 Å². The van der Waals surface area contributed by atoms with Crippen molar-refractivity contribution in [3.8, 4) is 11.5 Å². The van der Waals surface area contributed by atoms with Crippen LogP contribution in [0, 0.1) is 0 Å². The summed E-state index contributed by atoms with van der Waals surface area (Å²) in [6.07, 6.45) is 4.63. The molecule has 4 heteroatoms. The van der Waals surface area contributed by atoms with Crippen LogP contribution in [0.25, 0.3) is 0 Å². The zero-order chi connectivity index (χ0) is 12.4. The highest BCUT2D eigenvalue weighted by molar-refractivity contribution is 5.40. The standard InChI is InChI=1S/C14H16N2O2/c1-2-16-8-7-15-14(16)9-11-10-17-12-5-3-4-6-13(12)18-11/h3-8,11H,2,9-10H2,1H3/t11-/m1/s1. The van der Waals surface area contributed by atoms with Crippen molar-refractivity contribution in [3.63, 3.8) is 0 Å². The molecule has 1 aliphatic rings. The molecule has 0 N–H and O–H groups in total. The molecule has 1 aliphatic heterocycles. The lowest BCUT2D eigenvalue weighted by Crippen LogP contribution is -2.32. The minimum absolute atomic E-state index is 0.0348. The van der Waals surface area contributed by atoms with Gasteiger partial charge in [-0.15, -0.1) is 0 Å². The van der Waals surface area contributed by atoms with Crippen LogP contribution in [0.5, 0.6) is 11.5 Å². The highest BCUT2D eigenvalue weighted by Gasteiger charge is 2.22. The molecule has 4 nitrogen and oxygen atoms in total. The molecule has 0 amide bonds. The smallest absolute Gasteiger partial charge is 0.161 e. The van der Waals surface area contributed by atoms with Gasteiger partial charge in [-0.1, -0.05) is 12.1 Å². The number of hydrogen-bond acceptors (Lipinski definition) is 3. The maximum atomic E-state index is 5.93. The molecule has 0 aliphatic carbocycles. The van der Waals surface area contributed by atoms with Gasteiger partial charge < -0.3 is 14.0 Å². The first-order chi connectivity index (χ1) is 8.86. The van der Waals surface area contributed by atoms with Crippen LogP contribution in [0.2, 0.25) is 0 Å². The summed E-state index contributed by atoms with van der Waals surface area (Å²) >= 11 is 0. The second kappa shape index (κ2) is 4.72. The Hall–Kier alpha value is -1.97. The Bertz CT molecular complexity index is 536. The van der Waals surface area contributed by atoms with E-state index in [1.807, 2.05) is 36.7 Å². The first-order valence-electron chi connectivity index (χ1n) is 6.25. The third-order valence-electron chi connectivity index (χ3n) is 3.12. The first kappa shape index (κ1) is 11.1. The number of para-hydroxylation sites is 2. The molecule has 1 atom stereocenters. The number of aryl methyl sites for hydroxylation is 1. The molecule has 0 unspecified atom stereocenters. The van der Waals surface area contributed by atoms with Crippen LogP contribution in [0.15, 0.2) is 36.7 Å². The average Bonchev–Trinajstić information content (AvgIpc) is 2.86. The number of rotatable bonds is 3.